The summed E-state index contributed by atoms with van der Waals surface area (Å²) >= 11 is 1.69. The fourth-order valence-corrected chi connectivity index (χ4v) is 6.44. The molecule has 0 bridgehead atoms. The van der Waals surface area contributed by atoms with Crippen molar-refractivity contribution >= 4 is 21.6 Å². The molecule has 4 rings (SSSR count). The lowest BCUT2D eigenvalue weighted by Crippen LogP contribution is -2.49. The molecule has 2 aliphatic rings. The summed E-state index contributed by atoms with van der Waals surface area (Å²) in [7, 11) is 0. The summed E-state index contributed by atoms with van der Waals surface area (Å²) in [5.74, 6) is 1.63. The number of piperazine rings is 1. The van der Waals surface area contributed by atoms with Crippen molar-refractivity contribution in [3.05, 3.63) is 23.2 Å². The Bertz CT molecular complexity index is 927. The number of aliphatic hydroxyl groups excluding tert-OH is 1. The SMILES string of the molecule is Cc1nc2cc(OCC(O)CN3CCN(CCCCOC4CCC(C(C)(C)C)CC4)CC3)ccc2s1. The molecule has 0 radical (unpaired) electrons. The van der Waals surface area contributed by atoms with Crippen LogP contribution in [-0.2, 0) is 4.74 Å². The molecule has 2 fully saturated rings. The van der Waals surface area contributed by atoms with E-state index >= 15 is 0 Å². The van der Waals surface area contributed by atoms with Gasteiger partial charge in [0, 0.05) is 45.4 Å². The lowest BCUT2D eigenvalue weighted by molar-refractivity contribution is 0.00108. The fraction of sp³-hybridized carbons (Fsp3) is 0.759. The van der Waals surface area contributed by atoms with Crippen LogP contribution in [0.2, 0.25) is 0 Å². The maximum Gasteiger partial charge on any atom is 0.121 e. The van der Waals surface area contributed by atoms with Gasteiger partial charge in [0.15, 0.2) is 0 Å². The molecular formula is C29H47N3O3S. The number of β-amino-alcohol motifs (C(OH)–C–C–N with tert-alkyl or cyclic N) is 1. The monoisotopic (exact) mass is 517 g/mol. The Balaban J connectivity index is 1.03. The number of aryl methyl sites for hydroxylation is 1. The third kappa shape index (κ3) is 8.38. The van der Waals surface area contributed by atoms with Crippen molar-refractivity contribution in [3.8, 4) is 5.75 Å². The van der Waals surface area contributed by atoms with E-state index < -0.39 is 6.10 Å². The predicted molar refractivity (Wildman–Crippen MR) is 149 cm³/mol. The van der Waals surface area contributed by atoms with Gasteiger partial charge in [-0.3, -0.25) is 4.90 Å². The minimum atomic E-state index is -0.486. The van der Waals surface area contributed by atoms with Gasteiger partial charge < -0.3 is 19.5 Å². The summed E-state index contributed by atoms with van der Waals surface area (Å²) in [6.07, 6.45) is 7.48. The lowest BCUT2D eigenvalue weighted by Gasteiger charge is -2.37. The van der Waals surface area contributed by atoms with Crippen LogP contribution in [0.5, 0.6) is 5.75 Å². The number of thiazole rings is 1. The highest BCUT2D eigenvalue weighted by Gasteiger charge is 2.29. The van der Waals surface area contributed by atoms with Gasteiger partial charge in [-0.25, -0.2) is 4.98 Å². The van der Waals surface area contributed by atoms with Crippen molar-refractivity contribution in [1.82, 2.24) is 14.8 Å². The number of aromatic nitrogens is 1. The Hall–Kier alpha value is -1.25. The Kier molecular flexibility index (Phi) is 10.0. The van der Waals surface area contributed by atoms with Crippen molar-refractivity contribution in [2.75, 3.05) is 52.5 Å². The Labute approximate surface area is 222 Å². The molecule has 36 heavy (non-hydrogen) atoms. The van der Waals surface area contributed by atoms with E-state index in [0.29, 0.717) is 24.7 Å². The van der Waals surface area contributed by atoms with Crippen LogP contribution < -0.4 is 4.74 Å². The molecule has 202 valence electrons. The summed E-state index contributed by atoms with van der Waals surface area (Å²) < 4.78 is 13.2. The zero-order valence-electron chi connectivity index (χ0n) is 22.9. The number of hydrogen-bond donors (Lipinski definition) is 1. The van der Waals surface area contributed by atoms with Crippen LogP contribution in [0.3, 0.4) is 0 Å². The maximum atomic E-state index is 10.5. The van der Waals surface area contributed by atoms with E-state index in [1.165, 1.54) is 36.8 Å². The first kappa shape index (κ1) is 27.8. The number of benzene rings is 1. The summed E-state index contributed by atoms with van der Waals surface area (Å²) in [6, 6.07) is 5.98. The molecule has 0 amide bonds. The largest absolute Gasteiger partial charge is 0.491 e. The molecule has 7 heteroatoms. The zero-order valence-corrected chi connectivity index (χ0v) is 23.7. The molecule has 1 saturated heterocycles. The lowest BCUT2D eigenvalue weighted by atomic mass is 9.72. The first-order valence-corrected chi connectivity index (χ1v) is 14.8. The van der Waals surface area contributed by atoms with Gasteiger partial charge in [-0.2, -0.15) is 0 Å². The molecule has 2 heterocycles. The summed E-state index contributed by atoms with van der Waals surface area (Å²) in [6.45, 7) is 16.3. The molecule has 0 spiro atoms. The molecule has 2 aromatic rings. The van der Waals surface area contributed by atoms with Crippen molar-refractivity contribution < 1.29 is 14.6 Å². The van der Waals surface area contributed by atoms with Crippen molar-refractivity contribution in [3.63, 3.8) is 0 Å². The number of hydrogen-bond acceptors (Lipinski definition) is 7. The van der Waals surface area contributed by atoms with E-state index in [9.17, 15) is 5.11 Å². The molecule has 1 aromatic carbocycles. The molecule has 1 N–H and O–H groups in total. The van der Waals surface area contributed by atoms with Gasteiger partial charge in [-0.15, -0.1) is 11.3 Å². The number of fused-ring (bicyclic) bond motifs is 1. The average molecular weight is 518 g/mol. The van der Waals surface area contributed by atoms with Crippen LogP contribution in [0.4, 0.5) is 0 Å². The molecule has 1 aromatic heterocycles. The quantitative estimate of drug-likeness (QED) is 0.405. The van der Waals surface area contributed by atoms with Gasteiger partial charge in [-0.1, -0.05) is 20.8 Å². The van der Waals surface area contributed by atoms with Crippen molar-refractivity contribution in [2.24, 2.45) is 11.3 Å². The second-order valence-corrected chi connectivity index (χ2v) is 13.1. The second kappa shape index (κ2) is 13.0. The van der Waals surface area contributed by atoms with E-state index in [1.807, 2.05) is 25.1 Å². The third-order valence-corrected chi connectivity index (χ3v) is 8.92. The standard InChI is InChI=1S/C29H47N3O3S/c1-22-30-27-19-26(11-12-28(27)36-22)35-21-24(33)20-32-16-14-31(15-17-32)13-5-6-18-34-25-9-7-23(8-10-25)29(2,3)4/h11-12,19,23-25,33H,5-10,13-18,20-21H2,1-4H3. The van der Waals surface area contributed by atoms with Gasteiger partial charge in [0.2, 0.25) is 0 Å². The summed E-state index contributed by atoms with van der Waals surface area (Å²) in [5.41, 5.74) is 1.41. The van der Waals surface area contributed by atoms with E-state index in [4.69, 9.17) is 9.47 Å². The molecule has 6 nitrogen and oxygen atoms in total. The van der Waals surface area contributed by atoms with Gasteiger partial charge in [0.05, 0.1) is 21.3 Å². The Morgan fingerprint density at radius 2 is 1.78 bits per heavy atom. The average Bonchev–Trinajstić information content (AvgIpc) is 3.22. The first-order chi connectivity index (χ1) is 17.3. The van der Waals surface area contributed by atoms with E-state index in [0.717, 1.165) is 67.9 Å². The van der Waals surface area contributed by atoms with E-state index in [-0.39, 0.29) is 0 Å². The van der Waals surface area contributed by atoms with Crippen molar-refractivity contribution in [1.29, 1.82) is 0 Å². The Morgan fingerprint density at radius 3 is 2.50 bits per heavy atom. The Morgan fingerprint density at radius 1 is 1.06 bits per heavy atom. The molecule has 1 aliphatic heterocycles. The highest BCUT2D eigenvalue weighted by Crippen LogP contribution is 2.38. The van der Waals surface area contributed by atoms with Crippen LogP contribution >= 0.6 is 11.3 Å². The summed E-state index contributed by atoms with van der Waals surface area (Å²) in [4.78, 5) is 9.43. The minimum absolute atomic E-state index is 0.312. The van der Waals surface area contributed by atoms with Gasteiger partial charge in [0.1, 0.15) is 18.5 Å². The van der Waals surface area contributed by atoms with Gasteiger partial charge in [0.25, 0.3) is 0 Å². The number of rotatable bonds is 11. The van der Waals surface area contributed by atoms with Crippen LogP contribution in [0.15, 0.2) is 18.2 Å². The van der Waals surface area contributed by atoms with Crippen molar-refractivity contribution in [2.45, 2.75) is 78.4 Å². The minimum Gasteiger partial charge on any atom is -0.491 e. The zero-order chi connectivity index (χ0) is 25.5. The number of unbranched alkanes of at least 4 members (excludes halogenated alkanes) is 1. The predicted octanol–water partition coefficient (Wildman–Crippen LogP) is 5.36. The number of nitrogens with zero attached hydrogens (tertiary/aromatic N) is 3. The molecular weight excluding hydrogens is 470 g/mol. The first-order valence-electron chi connectivity index (χ1n) is 14.0. The molecule has 1 unspecified atom stereocenters. The third-order valence-electron chi connectivity index (χ3n) is 7.96. The van der Waals surface area contributed by atoms with Gasteiger partial charge >= 0.3 is 0 Å². The summed E-state index contributed by atoms with van der Waals surface area (Å²) in [5, 5.41) is 11.6. The molecule has 1 atom stereocenters. The van der Waals surface area contributed by atoms with Crippen LogP contribution in [0.25, 0.3) is 10.2 Å². The highest BCUT2D eigenvalue weighted by atomic mass is 32.1. The van der Waals surface area contributed by atoms with E-state index in [2.05, 4.69) is 35.6 Å². The second-order valence-electron chi connectivity index (χ2n) is 11.9. The molecule has 1 saturated carbocycles. The number of ether oxygens (including phenoxy) is 2. The van der Waals surface area contributed by atoms with E-state index in [1.54, 1.807) is 11.3 Å². The van der Waals surface area contributed by atoms with Gasteiger partial charge in [-0.05, 0) is 75.5 Å². The normalized spacial score (nSPS) is 23.2. The topological polar surface area (TPSA) is 58.1 Å². The van der Waals surface area contributed by atoms with Crippen LogP contribution in [0, 0.1) is 18.3 Å². The van der Waals surface area contributed by atoms with Crippen LogP contribution in [0.1, 0.15) is 64.3 Å². The highest BCUT2D eigenvalue weighted by molar-refractivity contribution is 7.18. The van der Waals surface area contributed by atoms with Crippen LogP contribution in [-0.4, -0.2) is 84.6 Å². The maximum absolute atomic E-state index is 10.5. The fourth-order valence-electron chi connectivity index (χ4n) is 5.63. The smallest absolute Gasteiger partial charge is 0.121 e. The molecule has 1 aliphatic carbocycles. The number of aliphatic hydroxyl groups is 1.